The molecule has 2 aromatic heterocycles. The molecule has 0 aliphatic carbocycles. The first-order chi connectivity index (χ1) is 7.63. The first-order valence-electron chi connectivity index (χ1n) is 4.87. The van der Waals surface area contributed by atoms with Crippen LogP contribution in [-0.2, 0) is 4.74 Å². The van der Waals surface area contributed by atoms with Crippen LogP contribution in [-0.4, -0.2) is 27.8 Å². The highest BCUT2D eigenvalue weighted by Gasteiger charge is 2.13. The van der Waals surface area contributed by atoms with Crippen molar-refractivity contribution in [2.75, 3.05) is 7.11 Å². The van der Waals surface area contributed by atoms with E-state index in [1.165, 1.54) is 13.3 Å². The van der Waals surface area contributed by atoms with Crippen molar-refractivity contribution in [1.29, 1.82) is 0 Å². The number of fused-ring (bicyclic) bond motifs is 1. The Bertz CT molecular complexity index is 531. The number of carbonyl (C=O) groups excluding carboxylic acids is 1. The second-order valence-electron chi connectivity index (χ2n) is 3.52. The summed E-state index contributed by atoms with van der Waals surface area (Å²) in [5.41, 5.74) is 1.76. The molecule has 0 aliphatic heterocycles. The highest BCUT2D eigenvalue weighted by molar-refractivity contribution is 5.96. The van der Waals surface area contributed by atoms with E-state index in [4.69, 9.17) is 0 Å². The van der Waals surface area contributed by atoms with Crippen LogP contribution in [0, 0.1) is 0 Å². The van der Waals surface area contributed by atoms with Gasteiger partial charge in [-0.1, -0.05) is 0 Å². The van der Waals surface area contributed by atoms with Gasteiger partial charge in [0.25, 0.3) is 0 Å². The summed E-state index contributed by atoms with van der Waals surface area (Å²) < 4.78 is 6.22. The predicted molar refractivity (Wildman–Crippen MR) is 57.2 cm³/mol. The van der Waals surface area contributed by atoms with Crippen molar-refractivity contribution < 1.29 is 14.6 Å². The highest BCUT2D eigenvalue weighted by atomic mass is 16.5. The number of ether oxygens (including phenoxy) is 1. The third-order valence-electron chi connectivity index (χ3n) is 2.43. The fourth-order valence-electron chi connectivity index (χ4n) is 1.52. The molecule has 0 fully saturated rings. The van der Waals surface area contributed by atoms with Gasteiger partial charge in [0.05, 0.1) is 24.9 Å². The predicted octanol–water partition coefficient (Wildman–Crippen LogP) is 1.17. The lowest BCUT2D eigenvalue weighted by molar-refractivity contribution is 0.0603. The van der Waals surface area contributed by atoms with E-state index in [1.54, 1.807) is 29.8 Å². The molecule has 16 heavy (non-hydrogen) atoms. The van der Waals surface area contributed by atoms with Crippen LogP contribution in [0.2, 0.25) is 0 Å². The molecule has 84 valence electrons. The summed E-state index contributed by atoms with van der Waals surface area (Å²) in [7, 11) is 1.32. The molecule has 0 aromatic carbocycles. The van der Waals surface area contributed by atoms with Crippen LogP contribution in [0.5, 0.6) is 0 Å². The standard InChI is InChI=1S/C11H12N2O3/c1-7(14)8-3-4-13-10(5-8)9(6-12-13)11(15)16-2/h3-7,14H,1-2H3. The van der Waals surface area contributed by atoms with Gasteiger partial charge in [-0.15, -0.1) is 0 Å². The summed E-state index contributed by atoms with van der Waals surface area (Å²) in [6, 6.07) is 3.48. The normalized spacial score (nSPS) is 12.7. The maximum atomic E-state index is 11.4. The molecule has 5 nitrogen and oxygen atoms in total. The summed E-state index contributed by atoms with van der Waals surface area (Å²) in [5.74, 6) is -0.433. The van der Waals surface area contributed by atoms with E-state index in [0.717, 1.165) is 5.56 Å². The molecule has 0 spiro atoms. The van der Waals surface area contributed by atoms with E-state index < -0.39 is 12.1 Å². The monoisotopic (exact) mass is 220 g/mol. The van der Waals surface area contributed by atoms with Crippen molar-refractivity contribution >= 4 is 11.5 Å². The number of aliphatic hydroxyl groups excluding tert-OH is 1. The van der Waals surface area contributed by atoms with Crippen LogP contribution in [0.1, 0.15) is 28.9 Å². The Morgan fingerprint density at radius 3 is 3.00 bits per heavy atom. The number of nitrogens with zero attached hydrogens (tertiary/aromatic N) is 2. The molecule has 2 rings (SSSR count). The Kier molecular flexibility index (Phi) is 2.62. The average Bonchev–Trinajstić information content (AvgIpc) is 2.70. The number of aliphatic hydroxyl groups is 1. The second kappa shape index (κ2) is 3.94. The lowest BCUT2D eigenvalue weighted by Crippen LogP contribution is -2.01. The smallest absolute Gasteiger partial charge is 0.341 e. The number of rotatable bonds is 2. The zero-order valence-electron chi connectivity index (χ0n) is 9.04. The third kappa shape index (κ3) is 1.65. The Balaban J connectivity index is 2.60. The molecule has 5 heteroatoms. The van der Waals surface area contributed by atoms with Crippen molar-refractivity contribution in [3.05, 3.63) is 35.7 Å². The first-order valence-corrected chi connectivity index (χ1v) is 4.87. The van der Waals surface area contributed by atoms with Gasteiger partial charge in [-0.2, -0.15) is 5.10 Å². The maximum Gasteiger partial charge on any atom is 0.341 e. The third-order valence-corrected chi connectivity index (χ3v) is 2.43. The summed E-state index contributed by atoms with van der Waals surface area (Å²) >= 11 is 0. The molecule has 1 unspecified atom stereocenters. The molecule has 2 aromatic rings. The average molecular weight is 220 g/mol. The molecular weight excluding hydrogens is 208 g/mol. The van der Waals surface area contributed by atoms with E-state index in [-0.39, 0.29) is 0 Å². The summed E-state index contributed by atoms with van der Waals surface area (Å²) in [6.45, 7) is 1.67. The fourth-order valence-corrected chi connectivity index (χ4v) is 1.52. The Morgan fingerprint density at radius 1 is 1.62 bits per heavy atom. The van der Waals surface area contributed by atoms with Crippen LogP contribution < -0.4 is 0 Å². The van der Waals surface area contributed by atoms with Gasteiger partial charge >= 0.3 is 5.97 Å². The van der Waals surface area contributed by atoms with Crippen LogP contribution >= 0.6 is 0 Å². The van der Waals surface area contributed by atoms with E-state index in [9.17, 15) is 9.90 Å². The molecule has 0 saturated heterocycles. The van der Waals surface area contributed by atoms with Gasteiger partial charge in [-0.05, 0) is 24.6 Å². The van der Waals surface area contributed by atoms with Crippen molar-refractivity contribution in [3.63, 3.8) is 0 Å². The Hall–Kier alpha value is -1.88. The minimum atomic E-state index is -0.578. The van der Waals surface area contributed by atoms with Gasteiger partial charge in [-0.25, -0.2) is 9.31 Å². The summed E-state index contributed by atoms with van der Waals surface area (Å²) in [4.78, 5) is 11.4. The largest absolute Gasteiger partial charge is 0.465 e. The minimum Gasteiger partial charge on any atom is -0.465 e. The van der Waals surface area contributed by atoms with Gasteiger partial charge in [0.2, 0.25) is 0 Å². The number of methoxy groups -OCH3 is 1. The molecule has 1 N–H and O–H groups in total. The maximum absolute atomic E-state index is 11.4. The van der Waals surface area contributed by atoms with Crippen LogP contribution in [0.25, 0.3) is 5.52 Å². The SMILES string of the molecule is COC(=O)c1cnn2ccc(C(C)O)cc12. The zero-order valence-corrected chi connectivity index (χ0v) is 9.04. The number of hydrogen-bond donors (Lipinski definition) is 1. The van der Waals surface area contributed by atoms with Crippen LogP contribution in [0.3, 0.4) is 0 Å². The molecule has 0 saturated carbocycles. The number of aromatic nitrogens is 2. The van der Waals surface area contributed by atoms with Crippen LogP contribution in [0.4, 0.5) is 0 Å². The zero-order chi connectivity index (χ0) is 11.7. The van der Waals surface area contributed by atoms with Gasteiger partial charge in [0.15, 0.2) is 0 Å². The lowest BCUT2D eigenvalue weighted by atomic mass is 10.1. The fraction of sp³-hybridized carbons (Fsp3) is 0.273. The Morgan fingerprint density at radius 2 is 2.38 bits per heavy atom. The van der Waals surface area contributed by atoms with Crippen molar-refractivity contribution in [3.8, 4) is 0 Å². The molecule has 0 amide bonds. The Labute approximate surface area is 92.3 Å². The number of carbonyl (C=O) groups is 1. The van der Waals surface area contributed by atoms with Crippen molar-refractivity contribution in [2.24, 2.45) is 0 Å². The van der Waals surface area contributed by atoms with Crippen molar-refractivity contribution in [2.45, 2.75) is 13.0 Å². The van der Waals surface area contributed by atoms with E-state index in [1.807, 2.05) is 0 Å². The second-order valence-corrected chi connectivity index (χ2v) is 3.52. The quantitative estimate of drug-likeness (QED) is 0.772. The summed E-state index contributed by atoms with van der Waals surface area (Å²) in [6.07, 6.45) is 2.57. The molecule has 2 heterocycles. The van der Waals surface area contributed by atoms with Gasteiger partial charge < -0.3 is 9.84 Å². The van der Waals surface area contributed by atoms with Crippen molar-refractivity contribution in [1.82, 2.24) is 9.61 Å². The molecule has 1 atom stereocenters. The van der Waals surface area contributed by atoms with Crippen LogP contribution in [0.15, 0.2) is 24.5 Å². The van der Waals surface area contributed by atoms with Gasteiger partial charge in [0.1, 0.15) is 5.56 Å². The summed E-state index contributed by atoms with van der Waals surface area (Å²) in [5, 5.41) is 13.5. The molecule has 0 radical (unpaired) electrons. The first kappa shape index (κ1) is 10.6. The molecular formula is C11H12N2O3. The lowest BCUT2D eigenvalue weighted by Gasteiger charge is -2.05. The number of hydrogen-bond acceptors (Lipinski definition) is 4. The van der Waals surface area contributed by atoms with Gasteiger partial charge in [-0.3, -0.25) is 0 Å². The molecule has 0 bridgehead atoms. The van der Waals surface area contributed by atoms with E-state index in [0.29, 0.717) is 11.1 Å². The van der Waals surface area contributed by atoms with E-state index in [2.05, 4.69) is 9.84 Å². The number of esters is 1. The van der Waals surface area contributed by atoms with Gasteiger partial charge in [0, 0.05) is 6.20 Å². The molecule has 0 aliphatic rings. The number of pyridine rings is 1. The highest BCUT2D eigenvalue weighted by Crippen LogP contribution is 2.17. The minimum absolute atomic E-state index is 0.394. The van der Waals surface area contributed by atoms with E-state index >= 15 is 0 Å². The topological polar surface area (TPSA) is 63.8 Å².